The van der Waals surface area contributed by atoms with Gasteiger partial charge < -0.3 is 10.1 Å². The van der Waals surface area contributed by atoms with E-state index in [1.165, 1.54) is 0 Å². The summed E-state index contributed by atoms with van der Waals surface area (Å²) in [5, 5.41) is 12.4. The minimum absolute atomic E-state index is 0.0769. The number of aromatic nitrogens is 1. The fourth-order valence-corrected chi connectivity index (χ4v) is 3.67. The normalized spacial score (nSPS) is 10.0. The SMILES string of the molecule is COc1c(Br)cc(Nc2s[nH]c(=O)c2C#N)cc1Br. The Hall–Kier alpha value is -1.30. The highest BCUT2D eigenvalue weighted by molar-refractivity contribution is 9.11. The van der Waals surface area contributed by atoms with Crippen molar-refractivity contribution in [2.45, 2.75) is 0 Å². The second-order valence-corrected chi connectivity index (χ2v) is 5.97. The Kier molecular flexibility index (Phi) is 4.29. The molecule has 2 aromatic rings. The number of nitrogens with one attached hydrogen (secondary N) is 2. The van der Waals surface area contributed by atoms with Crippen LogP contribution in [0.5, 0.6) is 5.75 Å². The van der Waals surface area contributed by atoms with Crippen LogP contribution in [-0.2, 0) is 0 Å². The number of halogens is 2. The fourth-order valence-electron chi connectivity index (χ4n) is 1.45. The summed E-state index contributed by atoms with van der Waals surface area (Å²) in [5.41, 5.74) is 0.418. The number of benzene rings is 1. The molecule has 0 saturated heterocycles. The summed E-state index contributed by atoms with van der Waals surface area (Å²) in [6.07, 6.45) is 0. The van der Waals surface area contributed by atoms with Gasteiger partial charge in [0.25, 0.3) is 5.56 Å². The molecule has 0 unspecified atom stereocenters. The molecule has 1 aromatic carbocycles. The number of hydrogen-bond acceptors (Lipinski definition) is 5. The third-order valence-corrected chi connectivity index (χ3v) is 4.25. The van der Waals surface area contributed by atoms with E-state index in [9.17, 15) is 4.79 Å². The highest BCUT2D eigenvalue weighted by atomic mass is 79.9. The molecule has 0 aliphatic rings. The van der Waals surface area contributed by atoms with Crippen molar-refractivity contribution in [1.82, 2.24) is 4.37 Å². The molecule has 0 aliphatic carbocycles. The maximum Gasteiger partial charge on any atom is 0.278 e. The quantitative estimate of drug-likeness (QED) is 0.819. The Morgan fingerprint density at radius 3 is 2.58 bits per heavy atom. The lowest BCUT2D eigenvalue weighted by molar-refractivity contribution is 0.409. The summed E-state index contributed by atoms with van der Waals surface area (Å²) < 4.78 is 9.23. The van der Waals surface area contributed by atoms with Crippen LogP contribution in [0.25, 0.3) is 0 Å². The Morgan fingerprint density at radius 1 is 1.42 bits per heavy atom. The number of anilines is 2. The molecule has 0 spiro atoms. The number of H-pyrrole nitrogens is 1. The van der Waals surface area contributed by atoms with Gasteiger partial charge in [-0.15, -0.1) is 0 Å². The van der Waals surface area contributed by atoms with Crippen LogP contribution in [0.15, 0.2) is 25.9 Å². The first-order chi connectivity index (χ1) is 9.06. The number of nitriles is 1. The monoisotopic (exact) mass is 403 g/mol. The van der Waals surface area contributed by atoms with Crippen molar-refractivity contribution in [1.29, 1.82) is 5.26 Å². The number of methoxy groups -OCH3 is 1. The minimum atomic E-state index is -0.387. The highest BCUT2D eigenvalue weighted by Gasteiger charge is 2.12. The lowest BCUT2D eigenvalue weighted by Crippen LogP contribution is -2.02. The van der Waals surface area contributed by atoms with Gasteiger partial charge in [-0.05, 0) is 55.5 Å². The number of aromatic amines is 1. The lowest BCUT2D eigenvalue weighted by Gasteiger charge is -2.10. The Labute approximate surface area is 129 Å². The summed E-state index contributed by atoms with van der Waals surface area (Å²) in [4.78, 5) is 11.3. The molecular weight excluding hydrogens is 398 g/mol. The van der Waals surface area contributed by atoms with Crippen LogP contribution in [0.4, 0.5) is 10.7 Å². The van der Waals surface area contributed by atoms with Crippen molar-refractivity contribution >= 4 is 54.1 Å². The van der Waals surface area contributed by atoms with E-state index < -0.39 is 0 Å². The average molecular weight is 405 g/mol. The molecule has 0 saturated carbocycles. The van der Waals surface area contributed by atoms with Gasteiger partial charge in [0.05, 0.1) is 16.1 Å². The summed E-state index contributed by atoms with van der Waals surface area (Å²) in [7, 11) is 1.57. The van der Waals surface area contributed by atoms with Crippen molar-refractivity contribution in [3.8, 4) is 11.8 Å². The molecule has 2 rings (SSSR count). The zero-order valence-electron chi connectivity index (χ0n) is 9.58. The van der Waals surface area contributed by atoms with Gasteiger partial charge in [0.1, 0.15) is 16.8 Å². The molecule has 0 bridgehead atoms. The third kappa shape index (κ3) is 2.83. The van der Waals surface area contributed by atoms with E-state index in [0.717, 1.165) is 26.2 Å². The largest absolute Gasteiger partial charge is 0.494 e. The molecule has 0 radical (unpaired) electrons. The highest BCUT2D eigenvalue weighted by Crippen LogP contribution is 2.37. The maximum absolute atomic E-state index is 11.3. The van der Waals surface area contributed by atoms with Crippen LogP contribution < -0.4 is 15.6 Å². The van der Waals surface area contributed by atoms with Crippen LogP contribution in [0, 0.1) is 11.3 Å². The number of ether oxygens (including phenoxy) is 1. The van der Waals surface area contributed by atoms with E-state index in [1.54, 1.807) is 19.2 Å². The van der Waals surface area contributed by atoms with Gasteiger partial charge in [0.15, 0.2) is 5.56 Å². The first-order valence-corrected chi connectivity index (χ1v) is 7.38. The average Bonchev–Trinajstić information content (AvgIpc) is 2.69. The van der Waals surface area contributed by atoms with E-state index in [-0.39, 0.29) is 11.1 Å². The summed E-state index contributed by atoms with van der Waals surface area (Å²) >= 11 is 7.86. The molecule has 1 heterocycles. The number of nitrogens with zero attached hydrogens (tertiary/aromatic N) is 1. The lowest BCUT2D eigenvalue weighted by atomic mass is 10.3. The van der Waals surface area contributed by atoms with Crippen molar-refractivity contribution in [3.05, 3.63) is 37.0 Å². The fraction of sp³-hybridized carbons (Fsp3) is 0.0909. The third-order valence-electron chi connectivity index (χ3n) is 2.27. The van der Waals surface area contributed by atoms with E-state index in [0.29, 0.717) is 10.8 Å². The van der Waals surface area contributed by atoms with Gasteiger partial charge in [-0.25, -0.2) is 0 Å². The van der Waals surface area contributed by atoms with E-state index >= 15 is 0 Å². The van der Waals surface area contributed by atoms with Crippen molar-refractivity contribution in [2.75, 3.05) is 12.4 Å². The van der Waals surface area contributed by atoms with Gasteiger partial charge in [-0.1, -0.05) is 0 Å². The molecule has 2 N–H and O–H groups in total. The molecular formula is C11H7Br2N3O2S. The van der Waals surface area contributed by atoms with Crippen molar-refractivity contribution in [2.24, 2.45) is 0 Å². The smallest absolute Gasteiger partial charge is 0.278 e. The topological polar surface area (TPSA) is 77.9 Å². The maximum atomic E-state index is 11.3. The molecule has 98 valence electrons. The van der Waals surface area contributed by atoms with Gasteiger partial charge in [-0.2, -0.15) is 5.26 Å². The van der Waals surface area contributed by atoms with Crippen LogP contribution in [0.1, 0.15) is 5.56 Å². The van der Waals surface area contributed by atoms with Gasteiger partial charge in [0.2, 0.25) is 0 Å². The van der Waals surface area contributed by atoms with Crippen molar-refractivity contribution < 1.29 is 4.74 Å². The van der Waals surface area contributed by atoms with E-state index in [1.807, 2.05) is 6.07 Å². The Bertz CT molecular complexity index is 694. The second kappa shape index (κ2) is 5.77. The molecule has 0 fully saturated rings. The molecule has 0 amide bonds. The molecule has 19 heavy (non-hydrogen) atoms. The zero-order chi connectivity index (χ0) is 14.0. The minimum Gasteiger partial charge on any atom is -0.494 e. The molecule has 8 heteroatoms. The predicted octanol–water partition coefficient (Wildman–Crippen LogP) is 3.59. The van der Waals surface area contributed by atoms with Gasteiger partial charge in [0, 0.05) is 5.69 Å². The Morgan fingerprint density at radius 2 is 2.05 bits per heavy atom. The first kappa shape index (κ1) is 14.1. The van der Waals surface area contributed by atoms with Crippen LogP contribution in [-0.4, -0.2) is 11.5 Å². The second-order valence-electron chi connectivity index (χ2n) is 3.45. The Balaban J connectivity index is 2.40. The summed E-state index contributed by atoms with van der Waals surface area (Å²) in [6, 6.07) is 5.47. The van der Waals surface area contributed by atoms with E-state index in [4.69, 9.17) is 10.00 Å². The van der Waals surface area contributed by atoms with Crippen molar-refractivity contribution in [3.63, 3.8) is 0 Å². The van der Waals surface area contributed by atoms with Gasteiger partial charge in [-0.3, -0.25) is 9.17 Å². The molecule has 5 nitrogen and oxygen atoms in total. The number of hydrogen-bond donors (Lipinski definition) is 2. The molecule has 0 aliphatic heterocycles. The molecule has 0 atom stereocenters. The van der Waals surface area contributed by atoms with E-state index in [2.05, 4.69) is 41.6 Å². The predicted molar refractivity (Wildman–Crippen MR) is 81.3 cm³/mol. The standard InChI is InChI=1S/C11H7Br2N3O2S/c1-18-9-7(12)2-5(3-8(9)13)15-11-6(4-14)10(17)16-19-11/h2-3,15H,1H3,(H,16,17). The number of rotatable bonds is 3. The van der Waals surface area contributed by atoms with Crippen LogP contribution >= 0.6 is 43.4 Å². The summed E-state index contributed by atoms with van der Waals surface area (Å²) in [6.45, 7) is 0. The van der Waals surface area contributed by atoms with Crippen LogP contribution in [0.3, 0.4) is 0 Å². The zero-order valence-corrected chi connectivity index (χ0v) is 13.6. The van der Waals surface area contributed by atoms with Gasteiger partial charge >= 0.3 is 0 Å². The molecule has 1 aromatic heterocycles. The summed E-state index contributed by atoms with van der Waals surface area (Å²) in [5.74, 6) is 0.674. The first-order valence-electron chi connectivity index (χ1n) is 4.98. The van der Waals surface area contributed by atoms with Crippen LogP contribution in [0.2, 0.25) is 0 Å².